The molecule has 0 radical (unpaired) electrons. The molecule has 0 aromatic heterocycles. The standard InChI is InChI=1S/C12H12F4O2/c1-2-3-10(17)8-4-6-9(7-5-8)18-12(15,16)11(13)14/h4-7,11H,2-3H2,1H3. The lowest BCUT2D eigenvalue weighted by atomic mass is 10.1. The summed E-state index contributed by atoms with van der Waals surface area (Å²) >= 11 is 0. The third-order valence-electron chi connectivity index (χ3n) is 2.16. The minimum absolute atomic E-state index is 0.135. The normalized spacial score (nSPS) is 11.7. The number of ether oxygens (including phenoxy) is 1. The molecule has 0 aliphatic heterocycles. The molecule has 0 bridgehead atoms. The molecule has 1 aromatic rings. The topological polar surface area (TPSA) is 26.3 Å². The van der Waals surface area contributed by atoms with Gasteiger partial charge in [-0.05, 0) is 30.7 Å². The highest BCUT2D eigenvalue weighted by molar-refractivity contribution is 5.96. The van der Waals surface area contributed by atoms with Gasteiger partial charge >= 0.3 is 12.5 Å². The lowest BCUT2D eigenvalue weighted by molar-refractivity contribution is -0.253. The Balaban J connectivity index is 2.75. The molecule has 18 heavy (non-hydrogen) atoms. The summed E-state index contributed by atoms with van der Waals surface area (Å²) in [5.41, 5.74) is 0.338. The number of hydrogen-bond donors (Lipinski definition) is 0. The van der Waals surface area contributed by atoms with Crippen LogP contribution >= 0.6 is 0 Å². The van der Waals surface area contributed by atoms with Crippen molar-refractivity contribution in [1.29, 1.82) is 0 Å². The molecule has 0 aliphatic carbocycles. The summed E-state index contributed by atoms with van der Waals surface area (Å²) in [6, 6.07) is 4.68. The zero-order valence-corrected chi connectivity index (χ0v) is 9.63. The van der Waals surface area contributed by atoms with Crippen molar-refractivity contribution in [2.24, 2.45) is 0 Å². The van der Waals surface area contributed by atoms with Gasteiger partial charge in [-0.15, -0.1) is 0 Å². The number of alkyl halides is 4. The van der Waals surface area contributed by atoms with Gasteiger partial charge in [-0.1, -0.05) is 6.92 Å². The summed E-state index contributed by atoms with van der Waals surface area (Å²) in [6.07, 6.45) is -7.43. The number of carbonyl (C=O) groups is 1. The van der Waals surface area contributed by atoms with Gasteiger partial charge < -0.3 is 4.74 Å². The molecule has 0 aliphatic rings. The van der Waals surface area contributed by atoms with Crippen LogP contribution in [0, 0.1) is 0 Å². The molecule has 0 saturated carbocycles. The third kappa shape index (κ3) is 3.72. The SMILES string of the molecule is CCCC(=O)c1ccc(OC(F)(F)C(F)F)cc1. The van der Waals surface area contributed by atoms with Gasteiger partial charge in [0.25, 0.3) is 0 Å². The van der Waals surface area contributed by atoms with Crippen molar-refractivity contribution in [3.63, 3.8) is 0 Å². The lowest BCUT2D eigenvalue weighted by Crippen LogP contribution is -2.33. The van der Waals surface area contributed by atoms with E-state index >= 15 is 0 Å². The predicted molar refractivity (Wildman–Crippen MR) is 57.3 cm³/mol. The fourth-order valence-electron chi connectivity index (χ4n) is 1.28. The summed E-state index contributed by atoms with van der Waals surface area (Å²) in [5.74, 6) is -0.544. The monoisotopic (exact) mass is 264 g/mol. The van der Waals surface area contributed by atoms with Crippen molar-refractivity contribution in [3.05, 3.63) is 29.8 Å². The molecular formula is C12H12F4O2. The molecular weight excluding hydrogens is 252 g/mol. The highest BCUT2D eigenvalue weighted by Gasteiger charge is 2.43. The van der Waals surface area contributed by atoms with E-state index in [0.29, 0.717) is 18.4 Å². The molecule has 6 heteroatoms. The molecule has 100 valence electrons. The first-order chi connectivity index (χ1) is 8.36. The van der Waals surface area contributed by atoms with E-state index in [1.54, 1.807) is 0 Å². The zero-order valence-electron chi connectivity index (χ0n) is 9.63. The molecule has 2 nitrogen and oxygen atoms in total. The van der Waals surface area contributed by atoms with Crippen LogP contribution in [0.1, 0.15) is 30.1 Å². The van der Waals surface area contributed by atoms with E-state index in [9.17, 15) is 22.4 Å². The van der Waals surface area contributed by atoms with Crippen LogP contribution in [0.2, 0.25) is 0 Å². The summed E-state index contributed by atoms with van der Waals surface area (Å²) in [5, 5.41) is 0. The van der Waals surface area contributed by atoms with Gasteiger partial charge in [-0.25, -0.2) is 0 Å². The van der Waals surface area contributed by atoms with E-state index in [1.165, 1.54) is 12.1 Å². The molecule has 0 saturated heterocycles. The Morgan fingerprint density at radius 2 is 1.83 bits per heavy atom. The minimum Gasteiger partial charge on any atom is -0.428 e. The van der Waals surface area contributed by atoms with Crippen molar-refractivity contribution in [3.8, 4) is 5.75 Å². The summed E-state index contributed by atoms with van der Waals surface area (Å²) in [7, 11) is 0. The Hall–Kier alpha value is -1.59. The third-order valence-corrected chi connectivity index (χ3v) is 2.16. The summed E-state index contributed by atoms with van der Waals surface area (Å²) in [6.45, 7) is 1.83. The van der Waals surface area contributed by atoms with Crippen LogP contribution in [-0.2, 0) is 0 Å². The highest BCUT2D eigenvalue weighted by Crippen LogP contribution is 2.27. The number of ketones is 1. The maximum atomic E-state index is 12.6. The lowest BCUT2D eigenvalue weighted by Gasteiger charge is -2.16. The van der Waals surface area contributed by atoms with Gasteiger partial charge in [0, 0.05) is 12.0 Å². The first kappa shape index (κ1) is 14.5. The minimum atomic E-state index is -4.53. The van der Waals surface area contributed by atoms with Crippen molar-refractivity contribution in [2.75, 3.05) is 0 Å². The van der Waals surface area contributed by atoms with Gasteiger partial charge in [0.15, 0.2) is 5.78 Å². The van der Waals surface area contributed by atoms with Crippen LogP contribution in [0.5, 0.6) is 5.75 Å². The van der Waals surface area contributed by atoms with E-state index in [-0.39, 0.29) is 5.78 Å². The second-order valence-electron chi connectivity index (χ2n) is 3.66. The predicted octanol–water partition coefficient (Wildman–Crippen LogP) is 3.91. The van der Waals surface area contributed by atoms with Crippen LogP contribution in [0.3, 0.4) is 0 Å². The second kappa shape index (κ2) is 5.84. The molecule has 0 heterocycles. The molecule has 1 aromatic carbocycles. The smallest absolute Gasteiger partial charge is 0.428 e. The van der Waals surface area contributed by atoms with Crippen LogP contribution in [0.25, 0.3) is 0 Å². The van der Waals surface area contributed by atoms with Crippen molar-refractivity contribution in [2.45, 2.75) is 32.3 Å². The number of Topliss-reactive ketones (excluding diaryl/α,β-unsaturated/α-hetero) is 1. The van der Waals surface area contributed by atoms with E-state index in [0.717, 1.165) is 12.1 Å². The zero-order chi connectivity index (χ0) is 13.8. The number of rotatable bonds is 6. The van der Waals surface area contributed by atoms with Crippen molar-refractivity contribution in [1.82, 2.24) is 0 Å². The maximum absolute atomic E-state index is 12.6. The highest BCUT2D eigenvalue weighted by atomic mass is 19.3. The molecule has 0 amide bonds. The largest absolute Gasteiger partial charge is 0.461 e. The molecule has 0 fully saturated rings. The Morgan fingerprint density at radius 3 is 2.28 bits per heavy atom. The van der Waals surface area contributed by atoms with Crippen LogP contribution < -0.4 is 4.74 Å². The molecule has 0 unspecified atom stereocenters. The molecule has 1 rings (SSSR count). The van der Waals surface area contributed by atoms with E-state index in [4.69, 9.17) is 0 Å². The number of hydrogen-bond acceptors (Lipinski definition) is 2. The van der Waals surface area contributed by atoms with E-state index in [1.807, 2.05) is 6.92 Å². The van der Waals surface area contributed by atoms with Crippen LogP contribution in [0.4, 0.5) is 17.6 Å². The summed E-state index contributed by atoms with van der Waals surface area (Å²) < 4.78 is 52.8. The van der Waals surface area contributed by atoms with Gasteiger partial charge in [0.05, 0.1) is 0 Å². The van der Waals surface area contributed by atoms with Crippen LogP contribution in [0.15, 0.2) is 24.3 Å². The van der Waals surface area contributed by atoms with Crippen molar-refractivity contribution >= 4 is 5.78 Å². The van der Waals surface area contributed by atoms with Gasteiger partial charge in [0.2, 0.25) is 0 Å². The molecule has 0 N–H and O–H groups in total. The van der Waals surface area contributed by atoms with Gasteiger partial charge in [0.1, 0.15) is 5.75 Å². The first-order valence-electron chi connectivity index (χ1n) is 5.35. The quantitative estimate of drug-likeness (QED) is 0.575. The maximum Gasteiger partial charge on any atom is 0.461 e. The first-order valence-corrected chi connectivity index (χ1v) is 5.35. The number of carbonyl (C=O) groups excluding carboxylic acids is 1. The van der Waals surface area contributed by atoms with Gasteiger partial charge in [-0.3, -0.25) is 4.79 Å². The second-order valence-corrected chi connectivity index (χ2v) is 3.66. The van der Waals surface area contributed by atoms with Crippen molar-refractivity contribution < 1.29 is 27.1 Å². The fourth-order valence-corrected chi connectivity index (χ4v) is 1.28. The molecule has 0 atom stereocenters. The number of halogens is 4. The Morgan fingerprint density at radius 1 is 1.28 bits per heavy atom. The number of benzene rings is 1. The fraction of sp³-hybridized carbons (Fsp3) is 0.417. The average molecular weight is 264 g/mol. The molecule has 0 spiro atoms. The van der Waals surface area contributed by atoms with E-state index in [2.05, 4.69) is 4.74 Å². The van der Waals surface area contributed by atoms with Gasteiger partial charge in [-0.2, -0.15) is 17.6 Å². The van der Waals surface area contributed by atoms with Crippen LogP contribution in [-0.4, -0.2) is 18.3 Å². The Bertz CT molecular complexity index is 401. The summed E-state index contributed by atoms with van der Waals surface area (Å²) in [4.78, 5) is 11.4. The Kier molecular flexibility index (Phi) is 4.69. The average Bonchev–Trinajstić information content (AvgIpc) is 2.29. The Labute approximate surface area is 102 Å². The van der Waals surface area contributed by atoms with E-state index < -0.39 is 18.3 Å².